The maximum atomic E-state index is 12.1. The molecule has 0 heterocycles. The molecule has 2 amide bonds. The van der Waals surface area contributed by atoms with Gasteiger partial charge in [-0.3, -0.25) is 9.59 Å². The molecule has 3 rings (SSSR count). The number of amides is 2. The highest BCUT2D eigenvalue weighted by Crippen LogP contribution is 2.31. The van der Waals surface area contributed by atoms with E-state index >= 15 is 0 Å². The topological polar surface area (TPSA) is 70.2 Å². The highest BCUT2D eigenvalue weighted by molar-refractivity contribution is 5.96. The summed E-state index contributed by atoms with van der Waals surface area (Å²) in [5, 5.41) is 8.98. The number of nitrogens with one attached hydrogen (secondary N) is 3. The Morgan fingerprint density at radius 2 is 1.72 bits per heavy atom. The van der Waals surface area contributed by atoms with Gasteiger partial charge in [-0.05, 0) is 62.1 Å². The second-order valence-electron chi connectivity index (χ2n) is 6.51. The second-order valence-corrected chi connectivity index (χ2v) is 6.51. The van der Waals surface area contributed by atoms with Crippen molar-refractivity contribution in [2.75, 3.05) is 22.5 Å². The summed E-state index contributed by atoms with van der Waals surface area (Å²) in [6.45, 7) is 4.08. The molecule has 2 aromatic carbocycles. The van der Waals surface area contributed by atoms with Gasteiger partial charge in [0.2, 0.25) is 11.8 Å². The minimum atomic E-state index is -0.114. The molecule has 1 saturated carbocycles. The maximum absolute atomic E-state index is 12.1. The van der Waals surface area contributed by atoms with Crippen LogP contribution >= 0.6 is 0 Å². The van der Waals surface area contributed by atoms with E-state index in [1.165, 1.54) is 0 Å². The summed E-state index contributed by atoms with van der Waals surface area (Å²) in [6, 6.07) is 13.3. The zero-order valence-corrected chi connectivity index (χ0v) is 14.6. The van der Waals surface area contributed by atoms with Crippen molar-refractivity contribution in [3.05, 3.63) is 53.6 Å². The van der Waals surface area contributed by atoms with Crippen LogP contribution < -0.4 is 16.0 Å². The van der Waals surface area contributed by atoms with Gasteiger partial charge in [0, 0.05) is 23.0 Å². The Morgan fingerprint density at radius 1 is 1.00 bits per heavy atom. The molecule has 3 N–H and O–H groups in total. The molecule has 0 bridgehead atoms. The Bertz CT molecular complexity index is 797. The maximum Gasteiger partial charge on any atom is 0.243 e. The summed E-state index contributed by atoms with van der Waals surface area (Å²) in [5.74, 6) is 0.131. The van der Waals surface area contributed by atoms with Crippen molar-refractivity contribution in [2.24, 2.45) is 5.92 Å². The van der Waals surface area contributed by atoms with Crippen molar-refractivity contribution in [1.82, 2.24) is 0 Å². The van der Waals surface area contributed by atoms with Gasteiger partial charge in [-0.2, -0.15) is 0 Å². The van der Waals surface area contributed by atoms with Crippen molar-refractivity contribution in [1.29, 1.82) is 0 Å². The second kappa shape index (κ2) is 7.38. The number of anilines is 3. The van der Waals surface area contributed by atoms with E-state index in [-0.39, 0.29) is 24.3 Å². The smallest absolute Gasteiger partial charge is 0.243 e. The van der Waals surface area contributed by atoms with Crippen LogP contribution in [0, 0.1) is 19.8 Å². The summed E-state index contributed by atoms with van der Waals surface area (Å²) in [5.41, 5.74) is 4.45. The van der Waals surface area contributed by atoms with Crippen LogP contribution in [0.25, 0.3) is 0 Å². The molecule has 0 unspecified atom stereocenters. The largest absolute Gasteiger partial charge is 0.376 e. The van der Waals surface area contributed by atoms with Gasteiger partial charge >= 0.3 is 0 Å². The van der Waals surface area contributed by atoms with Crippen LogP contribution in [0.4, 0.5) is 17.1 Å². The molecule has 130 valence electrons. The quantitative estimate of drug-likeness (QED) is 0.753. The number of hydrogen-bond acceptors (Lipinski definition) is 3. The van der Waals surface area contributed by atoms with Crippen LogP contribution in [-0.4, -0.2) is 18.4 Å². The van der Waals surface area contributed by atoms with E-state index in [0.29, 0.717) is 0 Å². The van der Waals surface area contributed by atoms with E-state index < -0.39 is 0 Å². The molecule has 5 nitrogen and oxygen atoms in total. The van der Waals surface area contributed by atoms with E-state index in [1.54, 1.807) is 0 Å². The van der Waals surface area contributed by atoms with Gasteiger partial charge in [0.1, 0.15) is 0 Å². The van der Waals surface area contributed by atoms with E-state index in [0.717, 1.165) is 41.0 Å². The lowest BCUT2D eigenvalue weighted by atomic mass is 10.1. The number of benzene rings is 2. The summed E-state index contributed by atoms with van der Waals surface area (Å²) in [6.07, 6.45) is 1.95. The van der Waals surface area contributed by atoms with Crippen LogP contribution in [0.3, 0.4) is 0 Å². The number of rotatable bonds is 6. The predicted molar refractivity (Wildman–Crippen MR) is 101 cm³/mol. The van der Waals surface area contributed by atoms with Crippen LogP contribution in [-0.2, 0) is 9.59 Å². The number of carbonyl (C=O) groups is 2. The van der Waals surface area contributed by atoms with Gasteiger partial charge in [0.05, 0.1) is 6.54 Å². The monoisotopic (exact) mass is 337 g/mol. The number of carbonyl (C=O) groups excluding carboxylic acids is 2. The fraction of sp³-hybridized carbons (Fsp3) is 0.300. The molecular weight excluding hydrogens is 314 g/mol. The zero-order chi connectivity index (χ0) is 17.8. The van der Waals surface area contributed by atoms with Gasteiger partial charge in [0.15, 0.2) is 0 Å². The van der Waals surface area contributed by atoms with Crippen molar-refractivity contribution < 1.29 is 9.59 Å². The third-order valence-corrected chi connectivity index (χ3v) is 4.28. The van der Waals surface area contributed by atoms with Crippen molar-refractivity contribution in [3.63, 3.8) is 0 Å². The lowest BCUT2D eigenvalue weighted by Gasteiger charge is -2.14. The minimum absolute atomic E-state index is 0.0810. The highest BCUT2D eigenvalue weighted by atomic mass is 16.2. The van der Waals surface area contributed by atoms with E-state index in [9.17, 15) is 9.59 Å². The van der Waals surface area contributed by atoms with Crippen LogP contribution in [0.1, 0.15) is 24.0 Å². The number of aryl methyl sites for hydroxylation is 1. The van der Waals surface area contributed by atoms with Gasteiger partial charge < -0.3 is 16.0 Å². The lowest BCUT2D eigenvalue weighted by molar-refractivity contribution is -0.117. The highest BCUT2D eigenvalue weighted by Gasteiger charge is 2.29. The Kier molecular flexibility index (Phi) is 5.03. The standard InChI is InChI=1S/C20H23N3O2/c1-13-5-3-6-16(11-13)22-19(24)12-21-17-7-4-8-18(14(17)2)23-20(25)15-9-10-15/h3-8,11,15,21H,9-10,12H2,1-2H3,(H,22,24)(H,23,25). The fourth-order valence-electron chi connectivity index (χ4n) is 2.65. The van der Waals surface area contributed by atoms with Gasteiger partial charge in [0.25, 0.3) is 0 Å². The Morgan fingerprint density at radius 3 is 2.44 bits per heavy atom. The van der Waals surface area contributed by atoms with E-state index in [4.69, 9.17) is 0 Å². The van der Waals surface area contributed by atoms with Crippen molar-refractivity contribution in [3.8, 4) is 0 Å². The summed E-state index contributed by atoms with van der Waals surface area (Å²) in [7, 11) is 0. The predicted octanol–water partition coefficient (Wildman–Crippen LogP) is 3.70. The average Bonchev–Trinajstić information content (AvgIpc) is 3.40. The Balaban J connectivity index is 1.58. The average molecular weight is 337 g/mol. The van der Waals surface area contributed by atoms with Gasteiger partial charge in [-0.15, -0.1) is 0 Å². The van der Waals surface area contributed by atoms with Crippen LogP contribution in [0.5, 0.6) is 0 Å². The van der Waals surface area contributed by atoms with E-state index in [2.05, 4.69) is 16.0 Å². The van der Waals surface area contributed by atoms with Crippen molar-refractivity contribution >= 4 is 28.9 Å². The first-order valence-corrected chi connectivity index (χ1v) is 8.54. The normalized spacial score (nSPS) is 13.2. The third kappa shape index (κ3) is 4.59. The van der Waals surface area contributed by atoms with Gasteiger partial charge in [-0.25, -0.2) is 0 Å². The Hall–Kier alpha value is -2.82. The molecule has 0 aromatic heterocycles. The first kappa shape index (κ1) is 17.0. The summed E-state index contributed by atoms with van der Waals surface area (Å²) >= 11 is 0. The molecule has 5 heteroatoms. The fourth-order valence-corrected chi connectivity index (χ4v) is 2.65. The summed E-state index contributed by atoms with van der Waals surface area (Å²) in [4.78, 5) is 24.1. The molecule has 1 aliphatic carbocycles. The minimum Gasteiger partial charge on any atom is -0.376 e. The van der Waals surface area contributed by atoms with Crippen LogP contribution in [0.15, 0.2) is 42.5 Å². The van der Waals surface area contributed by atoms with Gasteiger partial charge in [-0.1, -0.05) is 18.2 Å². The Labute approximate surface area is 147 Å². The molecule has 1 fully saturated rings. The SMILES string of the molecule is Cc1cccc(NC(=O)CNc2cccc(NC(=O)C3CC3)c2C)c1. The molecule has 0 radical (unpaired) electrons. The van der Waals surface area contributed by atoms with Crippen LogP contribution in [0.2, 0.25) is 0 Å². The first-order chi connectivity index (χ1) is 12.0. The molecule has 2 aromatic rings. The third-order valence-electron chi connectivity index (χ3n) is 4.28. The molecule has 0 aliphatic heterocycles. The molecule has 0 saturated heterocycles. The molecule has 1 aliphatic rings. The van der Waals surface area contributed by atoms with E-state index in [1.807, 2.05) is 56.3 Å². The summed E-state index contributed by atoms with van der Waals surface area (Å²) < 4.78 is 0. The molecule has 0 atom stereocenters. The lowest BCUT2D eigenvalue weighted by Crippen LogP contribution is -2.22. The molecular formula is C20H23N3O2. The molecule has 25 heavy (non-hydrogen) atoms. The molecule has 0 spiro atoms. The zero-order valence-electron chi connectivity index (χ0n) is 14.6. The van der Waals surface area contributed by atoms with Crippen molar-refractivity contribution in [2.45, 2.75) is 26.7 Å². The first-order valence-electron chi connectivity index (χ1n) is 8.54. The number of hydrogen-bond donors (Lipinski definition) is 3.